The number of aromatic nitrogens is 1. The van der Waals surface area contributed by atoms with E-state index in [1.807, 2.05) is 4.90 Å². The van der Waals surface area contributed by atoms with E-state index in [4.69, 9.17) is 0 Å². The summed E-state index contributed by atoms with van der Waals surface area (Å²) in [6.45, 7) is 0.657. The normalized spacial score (nSPS) is 36.8. The van der Waals surface area contributed by atoms with Crippen molar-refractivity contribution < 1.29 is 9.59 Å². The number of carbonyl (C=O) groups excluding carboxylic acids is 2. The second-order valence-electron chi connectivity index (χ2n) is 9.27. The number of H-pyrrole nitrogens is 1. The van der Waals surface area contributed by atoms with Crippen LogP contribution in [0.15, 0.2) is 23.3 Å². The highest BCUT2D eigenvalue weighted by molar-refractivity contribution is 5.98. The predicted octanol–water partition coefficient (Wildman–Crippen LogP) is 2.52. The number of nitrogens with one attached hydrogen (secondary N) is 2. The van der Waals surface area contributed by atoms with Crippen LogP contribution in [0.1, 0.15) is 51.4 Å². The van der Waals surface area contributed by atoms with E-state index < -0.39 is 6.04 Å². The SMILES string of the molecule is O=C(Nc1c[nH]ccc1=O)[C@@H]1CCCN1C(=O)C12CC3CC(CC(C3)C1)C2. The lowest BCUT2D eigenvalue weighted by atomic mass is 9.49. The smallest absolute Gasteiger partial charge is 0.247 e. The molecular weight excluding hydrogens is 342 g/mol. The van der Waals surface area contributed by atoms with Gasteiger partial charge in [0.1, 0.15) is 11.7 Å². The molecule has 4 bridgehead atoms. The second kappa shape index (κ2) is 6.21. The van der Waals surface area contributed by atoms with Crippen molar-refractivity contribution in [3.05, 3.63) is 28.7 Å². The summed E-state index contributed by atoms with van der Waals surface area (Å²) in [5.41, 5.74) is -0.197. The van der Waals surface area contributed by atoms with E-state index in [0.717, 1.165) is 25.7 Å². The average Bonchev–Trinajstić information content (AvgIpc) is 3.11. The summed E-state index contributed by atoms with van der Waals surface area (Å²) in [7, 11) is 0. The third kappa shape index (κ3) is 2.80. The minimum absolute atomic E-state index is 0.209. The van der Waals surface area contributed by atoms with E-state index >= 15 is 0 Å². The molecule has 2 amide bonds. The molecule has 0 radical (unpaired) electrons. The molecular formula is C21H27N3O3. The highest BCUT2D eigenvalue weighted by Crippen LogP contribution is 2.60. The number of aromatic amines is 1. The average molecular weight is 369 g/mol. The Labute approximate surface area is 158 Å². The zero-order valence-corrected chi connectivity index (χ0v) is 15.6. The van der Waals surface area contributed by atoms with Gasteiger partial charge in [0.2, 0.25) is 17.2 Å². The number of nitrogens with zero attached hydrogens (tertiary/aromatic N) is 1. The van der Waals surface area contributed by atoms with Crippen molar-refractivity contribution in [3.63, 3.8) is 0 Å². The number of anilines is 1. The van der Waals surface area contributed by atoms with Gasteiger partial charge in [-0.15, -0.1) is 0 Å². The molecule has 5 fully saturated rings. The summed E-state index contributed by atoms with van der Waals surface area (Å²) >= 11 is 0. The summed E-state index contributed by atoms with van der Waals surface area (Å²) in [5.74, 6) is 2.09. The Morgan fingerprint density at radius 2 is 1.78 bits per heavy atom. The Morgan fingerprint density at radius 3 is 2.41 bits per heavy atom. The molecule has 1 aromatic rings. The van der Waals surface area contributed by atoms with Gasteiger partial charge in [0, 0.05) is 25.0 Å². The van der Waals surface area contributed by atoms with E-state index in [1.165, 1.54) is 37.7 Å². The third-order valence-corrected chi connectivity index (χ3v) is 7.39. The molecule has 0 unspecified atom stereocenters. The molecule has 5 aliphatic rings. The summed E-state index contributed by atoms with van der Waals surface area (Å²) in [4.78, 5) is 43.0. The lowest BCUT2D eigenvalue weighted by molar-refractivity contribution is -0.160. The van der Waals surface area contributed by atoms with E-state index in [-0.39, 0.29) is 28.3 Å². The summed E-state index contributed by atoms with van der Waals surface area (Å²) < 4.78 is 0. The maximum Gasteiger partial charge on any atom is 0.247 e. The summed E-state index contributed by atoms with van der Waals surface area (Å²) in [5, 5.41) is 2.73. The van der Waals surface area contributed by atoms with E-state index in [0.29, 0.717) is 30.7 Å². The standard InChI is InChI=1S/C21H27N3O3/c25-18-3-4-22-12-16(18)23-19(26)17-2-1-5-24(17)20(27)21-9-13-6-14(10-21)8-15(7-13)11-21/h3-4,12-15,17H,1-2,5-11H2,(H,22,25)(H,23,26)/t13?,14?,15?,17-,21?/m0/s1. The molecule has 0 spiro atoms. The molecule has 1 aliphatic heterocycles. The van der Waals surface area contributed by atoms with Crippen molar-refractivity contribution in [2.24, 2.45) is 23.2 Å². The van der Waals surface area contributed by atoms with Crippen LogP contribution in [-0.4, -0.2) is 34.3 Å². The Balaban J connectivity index is 1.35. The predicted molar refractivity (Wildman–Crippen MR) is 101 cm³/mol. The number of amides is 2. The van der Waals surface area contributed by atoms with Crippen LogP contribution in [-0.2, 0) is 9.59 Å². The van der Waals surface area contributed by atoms with Gasteiger partial charge in [0.05, 0.1) is 5.41 Å². The first kappa shape index (κ1) is 17.0. The van der Waals surface area contributed by atoms with Gasteiger partial charge >= 0.3 is 0 Å². The Kier molecular flexibility index (Phi) is 3.92. The van der Waals surface area contributed by atoms with E-state index in [2.05, 4.69) is 10.3 Å². The molecule has 1 saturated heterocycles. The zero-order chi connectivity index (χ0) is 18.6. The largest absolute Gasteiger partial charge is 0.366 e. The molecule has 1 aromatic heterocycles. The van der Waals surface area contributed by atoms with Gasteiger partial charge < -0.3 is 15.2 Å². The van der Waals surface area contributed by atoms with Crippen molar-refractivity contribution in [2.45, 2.75) is 57.4 Å². The molecule has 6 heteroatoms. The number of likely N-dealkylation sites (tertiary alicyclic amines) is 1. The topological polar surface area (TPSA) is 82.3 Å². The van der Waals surface area contributed by atoms with Gasteiger partial charge in [0.15, 0.2) is 0 Å². The number of hydrogen-bond donors (Lipinski definition) is 2. The molecule has 2 heterocycles. The molecule has 4 aliphatic carbocycles. The molecule has 6 rings (SSSR count). The van der Waals surface area contributed by atoms with Crippen LogP contribution in [0.5, 0.6) is 0 Å². The summed E-state index contributed by atoms with van der Waals surface area (Å²) in [6.07, 6.45) is 11.5. The number of rotatable bonds is 3. The van der Waals surface area contributed by atoms with Crippen molar-refractivity contribution in [1.82, 2.24) is 9.88 Å². The van der Waals surface area contributed by atoms with Crippen LogP contribution in [0, 0.1) is 23.2 Å². The first-order valence-corrected chi connectivity index (χ1v) is 10.3. The minimum atomic E-state index is -0.454. The van der Waals surface area contributed by atoms with Crippen molar-refractivity contribution in [2.75, 3.05) is 11.9 Å². The first-order chi connectivity index (χ1) is 13.0. The van der Waals surface area contributed by atoms with Gasteiger partial charge in [-0.1, -0.05) is 0 Å². The molecule has 0 aromatic carbocycles. The molecule has 6 nitrogen and oxygen atoms in total. The van der Waals surface area contributed by atoms with Crippen molar-refractivity contribution >= 4 is 17.5 Å². The van der Waals surface area contributed by atoms with E-state index in [1.54, 1.807) is 0 Å². The van der Waals surface area contributed by atoms with Crippen molar-refractivity contribution in [3.8, 4) is 0 Å². The quantitative estimate of drug-likeness (QED) is 0.859. The molecule has 144 valence electrons. The van der Waals surface area contributed by atoms with Crippen LogP contribution < -0.4 is 10.7 Å². The summed E-state index contributed by atoms with van der Waals surface area (Å²) in [6, 6.07) is 0.938. The Hall–Kier alpha value is -2.11. The molecule has 4 saturated carbocycles. The molecule has 1 atom stereocenters. The van der Waals surface area contributed by atoms with Crippen LogP contribution in [0.4, 0.5) is 5.69 Å². The lowest BCUT2D eigenvalue weighted by Crippen LogP contribution is -2.56. The van der Waals surface area contributed by atoms with Crippen LogP contribution in [0.25, 0.3) is 0 Å². The van der Waals surface area contributed by atoms with Crippen molar-refractivity contribution in [1.29, 1.82) is 0 Å². The van der Waals surface area contributed by atoms with Gasteiger partial charge in [-0.05, 0) is 69.1 Å². The van der Waals surface area contributed by atoms with Gasteiger partial charge in [-0.25, -0.2) is 0 Å². The Bertz CT molecular complexity index is 795. The van der Waals surface area contributed by atoms with Crippen LogP contribution >= 0.6 is 0 Å². The van der Waals surface area contributed by atoms with Crippen LogP contribution in [0.3, 0.4) is 0 Å². The Morgan fingerprint density at radius 1 is 1.11 bits per heavy atom. The highest BCUT2D eigenvalue weighted by Gasteiger charge is 2.56. The maximum absolute atomic E-state index is 13.6. The fraction of sp³-hybridized carbons (Fsp3) is 0.667. The second-order valence-corrected chi connectivity index (χ2v) is 9.27. The van der Waals surface area contributed by atoms with Crippen LogP contribution in [0.2, 0.25) is 0 Å². The third-order valence-electron chi connectivity index (χ3n) is 7.39. The fourth-order valence-electron chi connectivity index (χ4n) is 6.69. The lowest BCUT2D eigenvalue weighted by Gasteiger charge is -2.56. The maximum atomic E-state index is 13.6. The fourth-order valence-corrected chi connectivity index (χ4v) is 6.69. The molecule has 27 heavy (non-hydrogen) atoms. The zero-order valence-electron chi connectivity index (χ0n) is 15.6. The van der Waals surface area contributed by atoms with Gasteiger partial charge in [0.25, 0.3) is 0 Å². The number of hydrogen-bond acceptors (Lipinski definition) is 3. The van der Waals surface area contributed by atoms with Gasteiger partial charge in [-0.3, -0.25) is 14.4 Å². The van der Waals surface area contributed by atoms with Gasteiger partial charge in [-0.2, -0.15) is 0 Å². The number of pyridine rings is 1. The minimum Gasteiger partial charge on any atom is -0.366 e. The highest BCUT2D eigenvalue weighted by atomic mass is 16.2. The van der Waals surface area contributed by atoms with E-state index in [9.17, 15) is 14.4 Å². The molecule has 2 N–H and O–H groups in total. The first-order valence-electron chi connectivity index (χ1n) is 10.3. The number of carbonyl (C=O) groups is 2. The monoisotopic (exact) mass is 369 g/mol.